The molecular weight excluding hydrogens is 902 g/mol. The maximum absolute atomic E-state index is 13.4. The molecule has 64 heavy (non-hydrogen) atoms. The fourth-order valence-corrected chi connectivity index (χ4v) is 7.03. The summed E-state index contributed by atoms with van der Waals surface area (Å²) in [5.74, 6) is -2.87. The Labute approximate surface area is 389 Å². The molecule has 5 aromatic carbocycles. The molecule has 0 radical (unpaired) electrons. The van der Waals surface area contributed by atoms with Crippen molar-refractivity contribution in [2.45, 2.75) is 52.6 Å². The monoisotopic (exact) mass is 942 g/mol. The zero-order valence-electron chi connectivity index (χ0n) is 35.0. The first-order valence-corrected chi connectivity index (χ1v) is 21.5. The molecule has 2 atom stereocenters. The molecule has 0 aromatic heterocycles. The molecule has 0 fully saturated rings. The van der Waals surface area contributed by atoms with Crippen LogP contribution in [0.15, 0.2) is 118 Å². The highest BCUT2D eigenvalue weighted by atomic mass is 35.5. The van der Waals surface area contributed by atoms with Crippen molar-refractivity contribution in [3.05, 3.63) is 140 Å². The van der Waals surface area contributed by atoms with Crippen molar-refractivity contribution in [3.8, 4) is 0 Å². The molecule has 0 saturated heterocycles. The van der Waals surface area contributed by atoms with Crippen LogP contribution in [0.1, 0.15) is 56.8 Å². The van der Waals surface area contributed by atoms with Crippen LogP contribution in [0.2, 0.25) is 10.0 Å². The Morgan fingerprint density at radius 2 is 0.922 bits per heavy atom. The number of benzene rings is 5. The third-order valence-corrected chi connectivity index (χ3v) is 10.4. The topological polar surface area (TPSA) is 200 Å². The molecule has 18 heteroatoms. The van der Waals surface area contributed by atoms with Gasteiger partial charge in [0.05, 0.1) is 11.4 Å². The van der Waals surface area contributed by atoms with Gasteiger partial charge in [-0.1, -0.05) is 47.5 Å². The van der Waals surface area contributed by atoms with E-state index in [9.17, 15) is 28.8 Å². The molecule has 0 aliphatic rings. The summed E-state index contributed by atoms with van der Waals surface area (Å²) < 4.78 is 0. The molecule has 0 spiro atoms. The lowest BCUT2D eigenvalue weighted by atomic mass is 10.0. The van der Waals surface area contributed by atoms with Crippen molar-refractivity contribution in [1.82, 2.24) is 0 Å². The average molecular weight is 945 g/mol. The number of nitrogens with zero attached hydrogens (tertiary/aromatic N) is 4. The third kappa shape index (κ3) is 13.6. The minimum atomic E-state index is -1.56. The third-order valence-electron chi connectivity index (χ3n) is 9.57. The number of hydrogen-bond acceptors (Lipinski definition) is 10. The summed E-state index contributed by atoms with van der Waals surface area (Å²) >= 11 is 24.3. The smallest absolute Gasteiger partial charge is 0.258 e. The zero-order valence-corrected chi connectivity index (χ0v) is 38.0. The molecule has 0 saturated carbocycles. The van der Waals surface area contributed by atoms with Crippen LogP contribution in [-0.4, -0.2) is 59.0 Å². The summed E-state index contributed by atoms with van der Waals surface area (Å²) in [6.45, 7) is 5.74. The Kier molecular flexibility index (Phi) is 17.4. The van der Waals surface area contributed by atoms with Crippen LogP contribution < -0.4 is 21.3 Å². The van der Waals surface area contributed by atoms with Crippen molar-refractivity contribution < 1.29 is 28.8 Å². The number of azo groups is 2. The van der Waals surface area contributed by atoms with Gasteiger partial charge >= 0.3 is 0 Å². The molecule has 0 bridgehead atoms. The van der Waals surface area contributed by atoms with E-state index in [1.807, 2.05) is 24.3 Å². The second-order valence-electron chi connectivity index (χ2n) is 14.4. The Balaban J connectivity index is 1.25. The van der Waals surface area contributed by atoms with Gasteiger partial charge in [-0.3, -0.25) is 28.8 Å². The van der Waals surface area contributed by atoms with E-state index < -0.39 is 47.3 Å². The maximum Gasteiger partial charge on any atom is 0.258 e. The molecule has 4 N–H and O–H groups in total. The van der Waals surface area contributed by atoms with Crippen molar-refractivity contribution in [2.75, 3.05) is 33.0 Å². The fraction of sp³-hybridized carbons (Fsp3) is 0.217. The largest absolute Gasteiger partial charge is 0.324 e. The Hall–Kier alpha value is -6.32. The SMILES string of the molecule is CC(=O)C(N=Nc1cc(Cl)cc(C(=O)Nc2cccc(CCCl)c2)c1)C(=O)Nc1ccc(NC(=O)C(N=Nc2cc(Cl)cc(C(=O)Nc3cccc(CCCl)c3)c2)C(C)=O)c(C)c1C. The number of anilines is 4. The molecule has 5 rings (SSSR count). The van der Waals surface area contributed by atoms with Gasteiger partial charge in [-0.25, -0.2) is 0 Å². The second kappa shape index (κ2) is 22.9. The first-order chi connectivity index (χ1) is 30.5. The van der Waals surface area contributed by atoms with Crippen LogP contribution in [-0.2, 0) is 32.0 Å². The predicted octanol–water partition coefficient (Wildman–Crippen LogP) is 11.0. The summed E-state index contributed by atoms with van der Waals surface area (Å²) in [6, 6.07) is 23.0. The van der Waals surface area contributed by atoms with Crippen LogP contribution in [0.4, 0.5) is 34.1 Å². The number of nitrogens with one attached hydrogen (secondary N) is 4. The molecule has 0 aliphatic heterocycles. The molecule has 0 heterocycles. The molecule has 2 unspecified atom stereocenters. The van der Waals surface area contributed by atoms with Crippen molar-refractivity contribution in [2.24, 2.45) is 20.5 Å². The minimum Gasteiger partial charge on any atom is -0.324 e. The van der Waals surface area contributed by atoms with Gasteiger partial charge < -0.3 is 21.3 Å². The van der Waals surface area contributed by atoms with Crippen molar-refractivity contribution in [3.63, 3.8) is 0 Å². The van der Waals surface area contributed by atoms with Gasteiger partial charge in [0.2, 0.25) is 12.1 Å². The van der Waals surface area contributed by atoms with E-state index in [0.717, 1.165) is 11.1 Å². The molecular formula is C46H42Cl4N8O6. The molecule has 14 nitrogen and oxygen atoms in total. The van der Waals surface area contributed by atoms with Gasteiger partial charge in [-0.2, -0.15) is 20.5 Å². The zero-order chi connectivity index (χ0) is 46.5. The molecule has 0 aliphatic carbocycles. The minimum absolute atomic E-state index is 0.129. The first-order valence-electron chi connectivity index (χ1n) is 19.6. The highest BCUT2D eigenvalue weighted by molar-refractivity contribution is 6.31. The summed E-state index contributed by atoms with van der Waals surface area (Å²) in [5.41, 5.74) is 5.29. The number of halogens is 4. The van der Waals surface area contributed by atoms with Gasteiger partial charge in [0.1, 0.15) is 0 Å². The van der Waals surface area contributed by atoms with E-state index in [1.165, 1.54) is 62.4 Å². The number of carbonyl (C=O) groups excluding carboxylic acids is 6. The van der Waals surface area contributed by atoms with E-state index in [4.69, 9.17) is 46.4 Å². The first kappa shape index (κ1) is 48.7. The van der Waals surface area contributed by atoms with Crippen LogP contribution in [0.5, 0.6) is 0 Å². The number of rotatable bonds is 18. The fourth-order valence-electron chi connectivity index (χ4n) is 6.14. The lowest BCUT2D eigenvalue weighted by Gasteiger charge is -2.17. The number of aryl methyl sites for hydroxylation is 2. The van der Waals surface area contributed by atoms with Gasteiger partial charge in [-0.05, 0) is 136 Å². The predicted molar refractivity (Wildman–Crippen MR) is 252 cm³/mol. The van der Waals surface area contributed by atoms with Gasteiger partial charge in [0, 0.05) is 55.7 Å². The lowest BCUT2D eigenvalue weighted by Crippen LogP contribution is -2.33. The number of carbonyl (C=O) groups is 6. The van der Waals surface area contributed by atoms with E-state index >= 15 is 0 Å². The molecule has 330 valence electrons. The van der Waals surface area contributed by atoms with Crippen LogP contribution >= 0.6 is 46.4 Å². The average Bonchev–Trinajstić information content (AvgIpc) is 3.23. The Bertz CT molecular complexity index is 2490. The molecule has 5 aromatic rings. The lowest BCUT2D eigenvalue weighted by molar-refractivity contribution is -0.127. The van der Waals surface area contributed by atoms with E-state index in [1.54, 1.807) is 38.1 Å². The van der Waals surface area contributed by atoms with Crippen molar-refractivity contribution in [1.29, 1.82) is 0 Å². The summed E-state index contributed by atoms with van der Waals surface area (Å²) in [6.07, 6.45) is 1.26. The highest BCUT2D eigenvalue weighted by Crippen LogP contribution is 2.29. The van der Waals surface area contributed by atoms with Gasteiger partial charge in [-0.15, -0.1) is 23.2 Å². The Morgan fingerprint density at radius 1 is 0.531 bits per heavy atom. The summed E-state index contributed by atoms with van der Waals surface area (Å²) in [4.78, 5) is 78.3. The van der Waals surface area contributed by atoms with Gasteiger partial charge in [0.25, 0.3) is 23.6 Å². The van der Waals surface area contributed by atoms with E-state index in [0.29, 0.717) is 58.5 Å². The Morgan fingerprint density at radius 3 is 1.28 bits per heavy atom. The summed E-state index contributed by atoms with van der Waals surface area (Å²) in [7, 11) is 0. The normalized spacial score (nSPS) is 12.1. The second-order valence-corrected chi connectivity index (χ2v) is 16.1. The number of alkyl halides is 2. The van der Waals surface area contributed by atoms with Gasteiger partial charge in [0.15, 0.2) is 11.6 Å². The number of hydrogen-bond donors (Lipinski definition) is 4. The maximum atomic E-state index is 13.4. The standard InChI is InChI=1S/C46H42Cl4N8O6/c1-25-26(2)40(54-46(64)42(28(4)60)58-56-38-22-32(20-34(50)24-38)44(62)52-36-10-6-8-30(18-36)14-16-48)12-11-39(25)53-45(63)41(27(3)59)57-55-37-21-31(19-33(49)23-37)43(61)51-35-9-5-7-29(17-35)13-15-47/h5-12,17-24,41-42H,13-16H2,1-4H3,(H,51,61)(H,52,62)(H,53,63)(H,54,64). The van der Waals surface area contributed by atoms with Crippen molar-refractivity contribution >= 4 is 116 Å². The number of ketones is 2. The number of amides is 4. The molecule has 4 amide bonds. The van der Waals surface area contributed by atoms with E-state index in [-0.39, 0.29) is 32.5 Å². The van der Waals surface area contributed by atoms with Crippen LogP contribution in [0.3, 0.4) is 0 Å². The van der Waals surface area contributed by atoms with E-state index in [2.05, 4.69) is 41.7 Å². The van der Waals surface area contributed by atoms with Crippen LogP contribution in [0, 0.1) is 13.8 Å². The summed E-state index contributed by atoms with van der Waals surface area (Å²) in [5, 5.41) is 27.5. The van der Waals surface area contributed by atoms with Crippen LogP contribution in [0.25, 0.3) is 0 Å². The highest BCUT2D eigenvalue weighted by Gasteiger charge is 2.26. The number of Topliss-reactive ketones (excluding diaryl/α,β-unsaturated/α-hetero) is 2. The quantitative estimate of drug-likeness (QED) is 0.0382.